The van der Waals surface area contributed by atoms with Crippen molar-refractivity contribution in [3.8, 4) is 0 Å². The number of imide groups is 1. The Morgan fingerprint density at radius 1 is 1.10 bits per heavy atom. The molecule has 0 bridgehead atoms. The van der Waals surface area contributed by atoms with E-state index in [0.717, 1.165) is 16.0 Å². The first-order valence-corrected chi connectivity index (χ1v) is 9.01. The number of fused-ring (bicyclic) bond motifs is 1. The number of alkyl halides is 3. The van der Waals surface area contributed by atoms with Crippen LogP contribution >= 0.6 is 22.9 Å². The largest absolute Gasteiger partial charge is 0.454 e. The Hall–Kier alpha value is -2.86. The molecule has 1 heterocycles. The number of hydrogen-bond acceptors (Lipinski definition) is 6. The van der Waals surface area contributed by atoms with Crippen molar-refractivity contribution in [2.75, 3.05) is 19.7 Å². The molecule has 2 aromatic rings. The van der Waals surface area contributed by atoms with Gasteiger partial charge in [0, 0.05) is 10.1 Å². The van der Waals surface area contributed by atoms with Crippen molar-refractivity contribution in [3.63, 3.8) is 0 Å². The molecule has 0 aliphatic rings. The van der Waals surface area contributed by atoms with E-state index < -0.39 is 49.7 Å². The minimum Gasteiger partial charge on any atom is -0.454 e. The molecule has 0 aliphatic heterocycles. The van der Waals surface area contributed by atoms with Gasteiger partial charge in [0.05, 0.1) is 5.02 Å². The zero-order valence-corrected chi connectivity index (χ0v) is 16.0. The summed E-state index contributed by atoms with van der Waals surface area (Å²) >= 11 is 7.27. The summed E-state index contributed by atoms with van der Waals surface area (Å²) in [5.41, 5.74) is 0. The maximum absolute atomic E-state index is 12.2. The summed E-state index contributed by atoms with van der Waals surface area (Å²) in [5.74, 6) is -2.76. The predicted molar refractivity (Wildman–Crippen MR) is 97.7 cm³/mol. The highest BCUT2D eigenvalue weighted by Gasteiger charge is 2.28. The lowest BCUT2D eigenvalue weighted by atomic mass is 10.2. The Morgan fingerprint density at radius 2 is 1.79 bits per heavy atom. The second-order valence-corrected chi connectivity index (χ2v) is 6.86. The number of rotatable bonds is 6. The van der Waals surface area contributed by atoms with Gasteiger partial charge in [0.1, 0.15) is 18.0 Å². The molecule has 156 valence electrons. The van der Waals surface area contributed by atoms with Gasteiger partial charge >= 0.3 is 18.2 Å². The summed E-state index contributed by atoms with van der Waals surface area (Å²) in [5, 5.41) is 6.17. The molecule has 3 N–H and O–H groups in total. The number of esters is 1. The molecule has 0 saturated carbocycles. The van der Waals surface area contributed by atoms with Crippen molar-refractivity contribution < 1.29 is 37.1 Å². The van der Waals surface area contributed by atoms with Gasteiger partial charge in [-0.05, 0) is 6.07 Å². The molecule has 1 aromatic carbocycles. The summed E-state index contributed by atoms with van der Waals surface area (Å²) < 4.78 is 41.1. The fourth-order valence-electron chi connectivity index (χ4n) is 1.98. The van der Waals surface area contributed by atoms with E-state index in [1.807, 2.05) is 0 Å². The summed E-state index contributed by atoms with van der Waals surface area (Å²) in [7, 11) is 0. The number of carbonyl (C=O) groups excluding carboxylic acids is 4. The summed E-state index contributed by atoms with van der Waals surface area (Å²) in [6, 6.07) is 5.66. The quantitative estimate of drug-likeness (QED) is 0.583. The Kier molecular flexibility index (Phi) is 7.40. The SMILES string of the molecule is O=C(COC(=O)CNC(=O)c1sc2ccccc2c1Cl)NC(=O)NCC(F)(F)F. The maximum Gasteiger partial charge on any atom is 0.405 e. The van der Waals surface area contributed by atoms with Crippen LogP contribution < -0.4 is 16.0 Å². The zero-order chi connectivity index (χ0) is 21.6. The molecule has 1 aromatic heterocycles. The molecule has 0 radical (unpaired) electrons. The monoisotopic (exact) mass is 451 g/mol. The molecule has 0 saturated heterocycles. The summed E-state index contributed by atoms with van der Waals surface area (Å²) in [6.45, 7) is -3.13. The van der Waals surface area contributed by atoms with Crippen LogP contribution in [-0.4, -0.2) is 49.7 Å². The van der Waals surface area contributed by atoms with Crippen molar-refractivity contribution in [3.05, 3.63) is 34.2 Å². The van der Waals surface area contributed by atoms with Crippen LogP contribution in [-0.2, 0) is 14.3 Å². The van der Waals surface area contributed by atoms with E-state index in [9.17, 15) is 32.3 Å². The topological polar surface area (TPSA) is 114 Å². The number of carbonyl (C=O) groups is 4. The predicted octanol–water partition coefficient (Wildman–Crippen LogP) is 2.22. The Bertz CT molecular complexity index is 948. The molecular formula is C16H13ClF3N3O5S. The van der Waals surface area contributed by atoms with Gasteiger partial charge in [0.25, 0.3) is 11.8 Å². The lowest BCUT2D eigenvalue weighted by Crippen LogP contribution is -2.44. The van der Waals surface area contributed by atoms with Gasteiger partial charge in [-0.15, -0.1) is 11.3 Å². The van der Waals surface area contributed by atoms with E-state index in [2.05, 4.69) is 10.1 Å². The molecule has 0 spiro atoms. The van der Waals surface area contributed by atoms with Crippen LogP contribution in [0.1, 0.15) is 9.67 Å². The van der Waals surface area contributed by atoms with Gasteiger partial charge in [0.15, 0.2) is 6.61 Å². The normalized spacial score (nSPS) is 11.0. The lowest BCUT2D eigenvalue weighted by Gasteiger charge is -2.09. The lowest BCUT2D eigenvalue weighted by molar-refractivity contribution is -0.147. The van der Waals surface area contributed by atoms with E-state index in [1.165, 1.54) is 5.32 Å². The number of urea groups is 1. The first-order valence-electron chi connectivity index (χ1n) is 7.82. The molecule has 0 unspecified atom stereocenters. The third-order valence-electron chi connectivity index (χ3n) is 3.20. The smallest absolute Gasteiger partial charge is 0.405 e. The van der Waals surface area contributed by atoms with E-state index >= 15 is 0 Å². The highest BCUT2D eigenvalue weighted by Crippen LogP contribution is 2.34. The fraction of sp³-hybridized carbons (Fsp3) is 0.250. The molecule has 0 fully saturated rings. The van der Waals surface area contributed by atoms with Crippen LogP contribution in [0.15, 0.2) is 24.3 Å². The Labute approximate surface area is 170 Å². The number of thiophene rings is 1. The Balaban J connectivity index is 1.75. The first-order chi connectivity index (χ1) is 13.6. The summed E-state index contributed by atoms with van der Waals surface area (Å²) in [6.07, 6.45) is -4.64. The first kappa shape index (κ1) is 22.4. The van der Waals surface area contributed by atoms with Crippen LogP contribution in [0.5, 0.6) is 0 Å². The van der Waals surface area contributed by atoms with Gasteiger partial charge < -0.3 is 15.4 Å². The van der Waals surface area contributed by atoms with Crippen molar-refractivity contribution in [2.24, 2.45) is 0 Å². The van der Waals surface area contributed by atoms with Crippen molar-refractivity contribution in [1.82, 2.24) is 16.0 Å². The standard InChI is InChI=1S/C16H13ClF3N3O5S/c17-12-8-3-1-2-4-9(8)29-13(12)14(26)21-5-11(25)28-6-10(24)23-15(27)22-7-16(18,19)20/h1-4H,5-7H2,(H,21,26)(H2,22,23,24,27). The van der Waals surface area contributed by atoms with Crippen LogP contribution in [0, 0.1) is 0 Å². The van der Waals surface area contributed by atoms with Crippen LogP contribution in [0.4, 0.5) is 18.0 Å². The minimum absolute atomic E-state index is 0.194. The molecule has 0 atom stereocenters. The van der Waals surface area contributed by atoms with E-state index in [1.54, 1.807) is 29.6 Å². The molecule has 0 aliphatic carbocycles. The van der Waals surface area contributed by atoms with Crippen molar-refractivity contribution in [2.45, 2.75) is 6.18 Å². The van der Waals surface area contributed by atoms with E-state index in [4.69, 9.17) is 11.6 Å². The molecule has 4 amide bonds. The number of hydrogen-bond donors (Lipinski definition) is 3. The molecule has 13 heteroatoms. The van der Waals surface area contributed by atoms with Crippen LogP contribution in [0.3, 0.4) is 0 Å². The maximum atomic E-state index is 12.2. The zero-order valence-electron chi connectivity index (χ0n) is 14.4. The highest BCUT2D eigenvalue weighted by molar-refractivity contribution is 7.21. The average molecular weight is 452 g/mol. The van der Waals surface area contributed by atoms with Gasteiger partial charge in [-0.25, -0.2) is 4.79 Å². The third kappa shape index (κ3) is 6.91. The van der Waals surface area contributed by atoms with Gasteiger partial charge in [0.2, 0.25) is 0 Å². The minimum atomic E-state index is -4.64. The number of ether oxygens (including phenoxy) is 1. The third-order valence-corrected chi connectivity index (χ3v) is 4.88. The second-order valence-electron chi connectivity index (χ2n) is 5.43. The Morgan fingerprint density at radius 3 is 2.45 bits per heavy atom. The highest BCUT2D eigenvalue weighted by atomic mass is 35.5. The van der Waals surface area contributed by atoms with Crippen LogP contribution in [0.25, 0.3) is 10.1 Å². The van der Waals surface area contributed by atoms with Crippen molar-refractivity contribution >= 4 is 56.8 Å². The van der Waals surface area contributed by atoms with Crippen LogP contribution in [0.2, 0.25) is 5.02 Å². The average Bonchev–Trinajstić information content (AvgIpc) is 2.99. The van der Waals surface area contributed by atoms with E-state index in [-0.39, 0.29) is 9.90 Å². The number of nitrogens with one attached hydrogen (secondary N) is 3. The number of benzene rings is 1. The number of halogens is 4. The van der Waals surface area contributed by atoms with E-state index in [0.29, 0.717) is 5.39 Å². The van der Waals surface area contributed by atoms with Gasteiger partial charge in [-0.2, -0.15) is 13.2 Å². The fourth-order valence-corrected chi connectivity index (χ4v) is 3.41. The second kappa shape index (κ2) is 9.56. The van der Waals surface area contributed by atoms with Crippen molar-refractivity contribution in [1.29, 1.82) is 0 Å². The molecular weight excluding hydrogens is 439 g/mol. The summed E-state index contributed by atoms with van der Waals surface area (Å²) in [4.78, 5) is 46.4. The van der Waals surface area contributed by atoms with Gasteiger partial charge in [-0.3, -0.25) is 19.7 Å². The van der Waals surface area contributed by atoms with Gasteiger partial charge in [-0.1, -0.05) is 29.8 Å². The molecule has 2 rings (SSSR count). The number of amides is 4. The molecule has 8 nitrogen and oxygen atoms in total. The molecule has 29 heavy (non-hydrogen) atoms.